The molecule has 1 amide bonds. The number of rotatable bonds is 8. The summed E-state index contributed by atoms with van der Waals surface area (Å²) < 4.78 is 16.4. The first kappa shape index (κ1) is 20.6. The predicted molar refractivity (Wildman–Crippen MR) is 109 cm³/mol. The molecule has 3 rings (SSSR count). The average molecular weight is 395 g/mol. The van der Waals surface area contributed by atoms with Gasteiger partial charge in [0.05, 0.1) is 12.6 Å². The van der Waals surface area contributed by atoms with Gasteiger partial charge in [-0.1, -0.05) is 48.5 Å². The molecule has 0 saturated carbocycles. The molecule has 152 valence electrons. The molecule has 6 nitrogen and oxygen atoms in total. The van der Waals surface area contributed by atoms with E-state index in [4.69, 9.17) is 13.9 Å². The molecular weight excluding hydrogens is 370 g/mol. The molecular formula is C23H25NO5. The lowest BCUT2D eigenvalue weighted by Gasteiger charge is -2.25. The quantitative estimate of drug-likeness (QED) is 0.531. The van der Waals surface area contributed by atoms with Crippen LogP contribution in [0, 0.1) is 0 Å². The minimum atomic E-state index is -0.676. The Hall–Kier alpha value is -3.12. The number of benzene rings is 2. The van der Waals surface area contributed by atoms with Crippen molar-refractivity contribution >= 4 is 22.8 Å². The minimum absolute atomic E-state index is 0.0752. The number of hydrogen-bond acceptors (Lipinski definition) is 5. The normalized spacial score (nSPS) is 12.0. The topological polar surface area (TPSA) is 69.0 Å². The van der Waals surface area contributed by atoms with Gasteiger partial charge in [-0.25, -0.2) is 4.79 Å². The van der Waals surface area contributed by atoms with Crippen molar-refractivity contribution in [1.82, 2.24) is 4.90 Å². The molecule has 0 fully saturated rings. The van der Waals surface area contributed by atoms with Crippen LogP contribution >= 0.6 is 0 Å². The summed E-state index contributed by atoms with van der Waals surface area (Å²) in [6.07, 6.45) is 0. The molecule has 0 aliphatic heterocycles. The summed E-state index contributed by atoms with van der Waals surface area (Å²) in [4.78, 5) is 26.7. The summed E-state index contributed by atoms with van der Waals surface area (Å²) >= 11 is 0. The summed E-state index contributed by atoms with van der Waals surface area (Å²) in [7, 11) is 1.69. The third kappa shape index (κ3) is 4.66. The molecule has 0 N–H and O–H groups in total. The fraction of sp³-hybridized carbons (Fsp3) is 0.304. The molecule has 1 aromatic heterocycles. The number of carbonyl (C=O) groups excluding carboxylic acids is 2. The Balaban J connectivity index is 1.69. The van der Waals surface area contributed by atoms with Gasteiger partial charge in [-0.3, -0.25) is 4.79 Å². The van der Waals surface area contributed by atoms with Crippen LogP contribution in [-0.4, -0.2) is 37.0 Å². The van der Waals surface area contributed by atoms with Crippen LogP contribution in [0.4, 0.5) is 0 Å². The zero-order valence-corrected chi connectivity index (χ0v) is 16.9. The second-order valence-corrected chi connectivity index (χ2v) is 6.71. The van der Waals surface area contributed by atoms with Gasteiger partial charge in [-0.2, -0.15) is 0 Å². The summed E-state index contributed by atoms with van der Waals surface area (Å²) in [5.74, 6) is -0.895. The van der Waals surface area contributed by atoms with Gasteiger partial charge in [0.2, 0.25) is 5.76 Å². The van der Waals surface area contributed by atoms with E-state index in [9.17, 15) is 9.59 Å². The molecule has 3 aromatic rings. The second-order valence-electron chi connectivity index (χ2n) is 6.71. The second kappa shape index (κ2) is 9.39. The van der Waals surface area contributed by atoms with Crippen molar-refractivity contribution < 1.29 is 23.5 Å². The van der Waals surface area contributed by atoms with Crippen LogP contribution in [0.3, 0.4) is 0 Å². The van der Waals surface area contributed by atoms with Gasteiger partial charge in [0, 0.05) is 24.6 Å². The number of carbonyl (C=O) groups is 2. The van der Waals surface area contributed by atoms with E-state index < -0.39 is 5.97 Å². The van der Waals surface area contributed by atoms with Crippen molar-refractivity contribution in [3.63, 3.8) is 0 Å². The van der Waals surface area contributed by atoms with Gasteiger partial charge in [0.25, 0.3) is 5.91 Å². The fourth-order valence-corrected chi connectivity index (χ4v) is 3.08. The first-order valence-corrected chi connectivity index (χ1v) is 9.58. The summed E-state index contributed by atoms with van der Waals surface area (Å²) in [5.41, 5.74) is 2.21. The third-order valence-corrected chi connectivity index (χ3v) is 4.92. The Kier molecular flexibility index (Phi) is 6.67. The van der Waals surface area contributed by atoms with Crippen molar-refractivity contribution in [3.05, 3.63) is 71.5 Å². The Bertz CT molecular complexity index is 979. The first-order valence-electron chi connectivity index (χ1n) is 9.58. The number of amides is 1. The lowest BCUT2D eigenvalue weighted by molar-refractivity contribution is -0.135. The SMILES string of the molecule is CCOCc1c(C(=O)OCC(=O)N(C)[C@@H](C)c2ccccc2)oc2ccccc12. The van der Waals surface area contributed by atoms with E-state index in [1.807, 2.05) is 62.4 Å². The molecule has 0 aliphatic rings. The molecule has 29 heavy (non-hydrogen) atoms. The van der Waals surface area contributed by atoms with Crippen LogP contribution in [0.15, 0.2) is 59.0 Å². The Morgan fingerprint density at radius 3 is 2.48 bits per heavy atom. The highest BCUT2D eigenvalue weighted by molar-refractivity contribution is 5.96. The van der Waals surface area contributed by atoms with Gasteiger partial charge in [0.15, 0.2) is 6.61 Å². The average Bonchev–Trinajstić information content (AvgIpc) is 3.14. The minimum Gasteiger partial charge on any atom is -0.450 e. The van der Waals surface area contributed by atoms with Crippen LogP contribution in [0.5, 0.6) is 0 Å². The van der Waals surface area contributed by atoms with Gasteiger partial charge >= 0.3 is 5.97 Å². The molecule has 2 aromatic carbocycles. The van der Waals surface area contributed by atoms with E-state index in [2.05, 4.69) is 0 Å². The van der Waals surface area contributed by atoms with Crippen molar-refractivity contribution in [1.29, 1.82) is 0 Å². The van der Waals surface area contributed by atoms with Gasteiger partial charge in [0.1, 0.15) is 5.58 Å². The zero-order valence-electron chi connectivity index (χ0n) is 16.9. The predicted octanol–water partition coefficient (Wildman–Crippen LogP) is 4.35. The summed E-state index contributed by atoms with van der Waals surface area (Å²) in [5, 5.41) is 0.800. The highest BCUT2D eigenvalue weighted by Gasteiger charge is 2.24. The van der Waals surface area contributed by atoms with Crippen LogP contribution in [0.1, 0.15) is 41.6 Å². The smallest absolute Gasteiger partial charge is 0.375 e. The fourth-order valence-electron chi connectivity index (χ4n) is 3.08. The molecule has 0 saturated heterocycles. The highest BCUT2D eigenvalue weighted by atomic mass is 16.5. The number of ether oxygens (including phenoxy) is 2. The molecule has 0 spiro atoms. The van der Waals surface area contributed by atoms with E-state index in [-0.39, 0.29) is 30.9 Å². The monoisotopic (exact) mass is 395 g/mol. The maximum absolute atomic E-state index is 12.6. The Morgan fingerprint density at radius 1 is 1.07 bits per heavy atom. The third-order valence-electron chi connectivity index (χ3n) is 4.92. The number of furan rings is 1. The number of nitrogens with zero attached hydrogens (tertiary/aromatic N) is 1. The van der Waals surface area contributed by atoms with Crippen molar-refractivity contribution in [2.45, 2.75) is 26.5 Å². The van der Waals surface area contributed by atoms with Crippen molar-refractivity contribution in [3.8, 4) is 0 Å². The Labute approximate surface area is 170 Å². The van der Waals surface area contributed by atoms with E-state index in [1.54, 1.807) is 18.0 Å². The number of hydrogen-bond donors (Lipinski definition) is 0. The maximum atomic E-state index is 12.6. The lowest BCUT2D eigenvalue weighted by Crippen LogP contribution is -2.33. The van der Waals surface area contributed by atoms with E-state index in [1.165, 1.54) is 0 Å². The van der Waals surface area contributed by atoms with E-state index >= 15 is 0 Å². The molecule has 0 unspecified atom stereocenters. The zero-order chi connectivity index (χ0) is 20.8. The van der Waals surface area contributed by atoms with Gasteiger partial charge in [-0.15, -0.1) is 0 Å². The first-order chi connectivity index (χ1) is 14.0. The van der Waals surface area contributed by atoms with Crippen LogP contribution < -0.4 is 0 Å². The number of para-hydroxylation sites is 1. The molecule has 1 heterocycles. The molecule has 0 bridgehead atoms. The molecule has 0 aliphatic carbocycles. The lowest BCUT2D eigenvalue weighted by atomic mass is 10.1. The van der Waals surface area contributed by atoms with E-state index in [0.717, 1.165) is 10.9 Å². The Morgan fingerprint density at radius 2 is 1.76 bits per heavy atom. The van der Waals surface area contributed by atoms with Crippen LogP contribution in [-0.2, 0) is 20.9 Å². The van der Waals surface area contributed by atoms with E-state index in [0.29, 0.717) is 17.8 Å². The number of likely N-dealkylation sites (N-methyl/N-ethyl adjacent to an activating group) is 1. The number of fused-ring (bicyclic) bond motifs is 1. The summed E-state index contributed by atoms with van der Waals surface area (Å²) in [6.45, 7) is 4.18. The molecule has 0 radical (unpaired) electrons. The standard InChI is InChI=1S/C23H25NO5/c1-4-27-14-19-18-12-8-9-13-20(18)29-22(19)23(26)28-15-21(25)24(3)16(2)17-10-6-5-7-11-17/h5-13,16H,4,14-15H2,1-3H3/t16-/m0/s1. The van der Waals surface area contributed by atoms with Crippen LogP contribution in [0.25, 0.3) is 11.0 Å². The summed E-state index contributed by atoms with van der Waals surface area (Å²) in [6, 6.07) is 16.9. The van der Waals surface area contributed by atoms with Crippen molar-refractivity contribution in [2.24, 2.45) is 0 Å². The van der Waals surface area contributed by atoms with Crippen molar-refractivity contribution in [2.75, 3.05) is 20.3 Å². The maximum Gasteiger partial charge on any atom is 0.375 e. The van der Waals surface area contributed by atoms with Gasteiger partial charge in [-0.05, 0) is 25.5 Å². The number of esters is 1. The van der Waals surface area contributed by atoms with Crippen LogP contribution in [0.2, 0.25) is 0 Å². The molecule has 6 heteroatoms. The largest absolute Gasteiger partial charge is 0.450 e. The molecule has 1 atom stereocenters. The van der Waals surface area contributed by atoms with Gasteiger partial charge < -0.3 is 18.8 Å². The highest BCUT2D eigenvalue weighted by Crippen LogP contribution is 2.27.